The van der Waals surface area contributed by atoms with Gasteiger partial charge >= 0.3 is 0 Å². The molecule has 0 bridgehead atoms. The minimum absolute atomic E-state index is 0.151. The summed E-state index contributed by atoms with van der Waals surface area (Å²) in [6, 6.07) is 15.4. The van der Waals surface area contributed by atoms with Gasteiger partial charge in [-0.2, -0.15) is 5.10 Å². The van der Waals surface area contributed by atoms with Crippen LogP contribution in [0.3, 0.4) is 0 Å². The highest BCUT2D eigenvalue weighted by atomic mass is 16.2. The third kappa shape index (κ3) is 3.94. The van der Waals surface area contributed by atoms with E-state index in [9.17, 15) is 9.59 Å². The summed E-state index contributed by atoms with van der Waals surface area (Å²) in [6.45, 7) is 4.21. The Bertz CT molecular complexity index is 1220. The van der Waals surface area contributed by atoms with Gasteiger partial charge < -0.3 is 5.32 Å². The number of aryl methyl sites for hydroxylation is 3. The van der Waals surface area contributed by atoms with Crippen molar-refractivity contribution in [3.8, 4) is 5.69 Å². The molecule has 0 saturated carbocycles. The molecule has 2 aromatic carbocycles. The minimum Gasteiger partial charge on any atom is -0.326 e. The zero-order chi connectivity index (χ0) is 20.4. The first kappa shape index (κ1) is 18.6. The fourth-order valence-corrected chi connectivity index (χ4v) is 3.36. The Labute approximate surface area is 167 Å². The van der Waals surface area contributed by atoms with Crippen LogP contribution in [0.25, 0.3) is 16.7 Å². The van der Waals surface area contributed by atoms with Crippen molar-refractivity contribution in [3.63, 3.8) is 0 Å². The molecule has 0 aliphatic rings. The van der Waals surface area contributed by atoms with Crippen molar-refractivity contribution in [1.29, 1.82) is 0 Å². The predicted octanol–water partition coefficient (Wildman–Crippen LogP) is 3.23. The summed E-state index contributed by atoms with van der Waals surface area (Å²) in [5.74, 6) is -0.151. The van der Waals surface area contributed by atoms with Gasteiger partial charge in [0.25, 0.3) is 5.56 Å². The van der Waals surface area contributed by atoms with Gasteiger partial charge in [-0.25, -0.2) is 9.67 Å². The van der Waals surface area contributed by atoms with Gasteiger partial charge in [0.1, 0.15) is 5.39 Å². The maximum absolute atomic E-state index is 12.8. The van der Waals surface area contributed by atoms with E-state index in [-0.39, 0.29) is 24.4 Å². The van der Waals surface area contributed by atoms with Crippen molar-refractivity contribution >= 4 is 22.6 Å². The molecule has 0 aliphatic carbocycles. The molecule has 0 spiro atoms. The van der Waals surface area contributed by atoms with E-state index < -0.39 is 0 Å². The van der Waals surface area contributed by atoms with Crippen LogP contribution in [0, 0.1) is 13.8 Å². The summed E-state index contributed by atoms with van der Waals surface area (Å²) >= 11 is 0. The Morgan fingerprint density at radius 3 is 2.52 bits per heavy atom. The molecule has 4 rings (SSSR count). The second-order valence-corrected chi connectivity index (χ2v) is 7.05. The van der Waals surface area contributed by atoms with Gasteiger partial charge in [0, 0.05) is 18.7 Å². The third-order valence-corrected chi connectivity index (χ3v) is 4.64. The number of benzene rings is 2. The van der Waals surface area contributed by atoms with Gasteiger partial charge in [0.2, 0.25) is 5.91 Å². The molecule has 0 fully saturated rings. The molecule has 0 saturated heterocycles. The predicted molar refractivity (Wildman–Crippen MR) is 112 cm³/mol. The average molecular weight is 387 g/mol. The Morgan fingerprint density at radius 2 is 1.79 bits per heavy atom. The highest BCUT2D eigenvalue weighted by molar-refractivity contribution is 5.90. The number of carbonyl (C=O) groups excluding carboxylic acids is 1. The van der Waals surface area contributed by atoms with Crippen LogP contribution in [0.1, 0.15) is 17.5 Å². The number of nitrogens with one attached hydrogen (secondary N) is 1. The van der Waals surface area contributed by atoms with E-state index in [1.807, 2.05) is 62.4 Å². The summed E-state index contributed by atoms with van der Waals surface area (Å²) in [5.41, 5.74) is 4.05. The second-order valence-electron chi connectivity index (χ2n) is 7.05. The molecular formula is C22H21N5O2. The van der Waals surface area contributed by atoms with Crippen LogP contribution in [0.15, 0.2) is 65.8 Å². The van der Waals surface area contributed by atoms with Gasteiger partial charge in [-0.05, 0) is 49.2 Å². The molecule has 146 valence electrons. The molecule has 1 amide bonds. The van der Waals surface area contributed by atoms with E-state index in [1.165, 1.54) is 17.1 Å². The number of amides is 1. The lowest BCUT2D eigenvalue weighted by Crippen LogP contribution is -2.23. The van der Waals surface area contributed by atoms with E-state index in [0.717, 1.165) is 22.5 Å². The van der Waals surface area contributed by atoms with Gasteiger partial charge in [-0.1, -0.05) is 24.3 Å². The molecule has 29 heavy (non-hydrogen) atoms. The molecular weight excluding hydrogens is 366 g/mol. The van der Waals surface area contributed by atoms with Crippen LogP contribution in [0.4, 0.5) is 5.69 Å². The van der Waals surface area contributed by atoms with E-state index in [1.54, 1.807) is 4.68 Å². The van der Waals surface area contributed by atoms with Crippen LogP contribution in [0.5, 0.6) is 0 Å². The quantitative estimate of drug-likeness (QED) is 0.570. The summed E-state index contributed by atoms with van der Waals surface area (Å²) in [6.07, 6.45) is 3.16. The van der Waals surface area contributed by atoms with Crippen molar-refractivity contribution < 1.29 is 4.79 Å². The van der Waals surface area contributed by atoms with Crippen LogP contribution in [0.2, 0.25) is 0 Å². The normalized spacial score (nSPS) is 11.0. The Kier molecular flexibility index (Phi) is 4.95. The van der Waals surface area contributed by atoms with E-state index in [2.05, 4.69) is 15.4 Å². The topological polar surface area (TPSA) is 81.8 Å². The fraction of sp³-hybridized carbons (Fsp3) is 0.182. The van der Waals surface area contributed by atoms with Crippen molar-refractivity contribution in [2.75, 3.05) is 5.32 Å². The molecule has 1 N–H and O–H groups in total. The van der Waals surface area contributed by atoms with Crippen molar-refractivity contribution in [3.05, 3.63) is 82.5 Å². The van der Waals surface area contributed by atoms with Gasteiger partial charge in [-0.3, -0.25) is 14.2 Å². The maximum Gasteiger partial charge on any atom is 0.264 e. The Hall–Kier alpha value is -3.74. The van der Waals surface area contributed by atoms with Gasteiger partial charge in [0.15, 0.2) is 5.65 Å². The standard InChI is InChI=1S/C22H21N5O2/c1-15-10-16(2)12-17(11-15)25-20(28)8-9-26-14-23-21-19(22(26)29)13-24-27(21)18-6-4-3-5-7-18/h3-7,10-14H,8-9H2,1-2H3,(H,25,28). The van der Waals surface area contributed by atoms with E-state index in [0.29, 0.717) is 11.0 Å². The molecule has 7 heteroatoms. The van der Waals surface area contributed by atoms with E-state index in [4.69, 9.17) is 0 Å². The number of fused-ring (bicyclic) bond motifs is 1. The van der Waals surface area contributed by atoms with E-state index >= 15 is 0 Å². The van der Waals surface area contributed by atoms with Crippen molar-refractivity contribution in [1.82, 2.24) is 19.3 Å². The number of aromatic nitrogens is 4. The molecule has 7 nitrogen and oxygen atoms in total. The SMILES string of the molecule is Cc1cc(C)cc(NC(=O)CCn2cnc3c(cnn3-c3ccccc3)c2=O)c1. The Balaban J connectivity index is 1.51. The molecule has 2 heterocycles. The zero-order valence-corrected chi connectivity index (χ0v) is 16.3. The van der Waals surface area contributed by atoms with Crippen LogP contribution < -0.4 is 10.9 Å². The minimum atomic E-state index is -0.212. The van der Waals surface area contributed by atoms with Gasteiger partial charge in [0.05, 0.1) is 18.2 Å². The number of hydrogen-bond acceptors (Lipinski definition) is 4. The van der Waals surface area contributed by atoms with Crippen molar-refractivity contribution in [2.24, 2.45) is 0 Å². The number of anilines is 1. The first-order valence-electron chi connectivity index (χ1n) is 9.38. The summed E-state index contributed by atoms with van der Waals surface area (Å²) in [7, 11) is 0. The number of rotatable bonds is 5. The summed E-state index contributed by atoms with van der Waals surface area (Å²) < 4.78 is 3.08. The number of para-hydroxylation sites is 1. The first-order chi connectivity index (χ1) is 14.0. The Morgan fingerprint density at radius 1 is 1.07 bits per heavy atom. The lowest BCUT2D eigenvalue weighted by molar-refractivity contribution is -0.116. The third-order valence-electron chi connectivity index (χ3n) is 4.64. The molecule has 0 aliphatic heterocycles. The summed E-state index contributed by atoms with van der Waals surface area (Å²) in [5, 5.41) is 7.60. The molecule has 0 radical (unpaired) electrons. The fourth-order valence-electron chi connectivity index (χ4n) is 3.36. The largest absolute Gasteiger partial charge is 0.326 e. The van der Waals surface area contributed by atoms with Crippen LogP contribution in [-0.4, -0.2) is 25.2 Å². The highest BCUT2D eigenvalue weighted by Gasteiger charge is 2.12. The number of carbonyl (C=O) groups is 1. The van der Waals surface area contributed by atoms with Gasteiger partial charge in [-0.15, -0.1) is 0 Å². The number of nitrogens with zero attached hydrogens (tertiary/aromatic N) is 4. The second kappa shape index (κ2) is 7.71. The highest BCUT2D eigenvalue weighted by Crippen LogP contribution is 2.15. The van der Waals surface area contributed by atoms with Crippen LogP contribution in [-0.2, 0) is 11.3 Å². The van der Waals surface area contributed by atoms with Crippen molar-refractivity contribution in [2.45, 2.75) is 26.8 Å². The average Bonchev–Trinajstić information content (AvgIpc) is 3.12. The lowest BCUT2D eigenvalue weighted by Gasteiger charge is -2.09. The lowest BCUT2D eigenvalue weighted by atomic mass is 10.1. The molecule has 2 aromatic heterocycles. The van der Waals surface area contributed by atoms with Crippen LogP contribution >= 0.6 is 0 Å². The summed E-state index contributed by atoms with van der Waals surface area (Å²) in [4.78, 5) is 29.5. The smallest absolute Gasteiger partial charge is 0.264 e. The molecule has 4 aromatic rings. The molecule has 0 unspecified atom stereocenters. The monoisotopic (exact) mass is 387 g/mol. The first-order valence-corrected chi connectivity index (χ1v) is 9.38. The molecule has 0 atom stereocenters. The maximum atomic E-state index is 12.8. The zero-order valence-electron chi connectivity index (χ0n) is 16.3. The number of hydrogen-bond donors (Lipinski definition) is 1.